The number of hydrogen-bond donors (Lipinski definition) is 2. The molecule has 0 unspecified atom stereocenters. The second-order valence-electron chi connectivity index (χ2n) is 3.54. The van der Waals surface area contributed by atoms with Crippen LogP contribution in [0.25, 0.3) is 0 Å². The quantitative estimate of drug-likeness (QED) is 0.662. The van der Waals surface area contributed by atoms with Crippen LogP contribution in [0.5, 0.6) is 0 Å². The zero-order valence-corrected chi connectivity index (χ0v) is 8.89. The normalized spacial score (nSPS) is 17.0. The van der Waals surface area contributed by atoms with Gasteiger partial charge in [-0.25, -0.2) is 4.98 Å². The van der Waals surface area contributed by atoms with E-state index in [1.807, 2.05) is 0 Å². The number of piperazine rings is 1. The van der Waals surface area contributed by atoms with E-state index in [1.165, 1.54) is 12.4 Å². The molecule has 0 radical (unpaired) electrons. The lowest BCUT2D eigenvalue weighted by atomic mass is 10.3. The summed E-state index contributed by atoms with van der Waals surface area (Å²) in [4.78, 5) is 17.6. The Kier molecular flexibility index (Phi) is 3.73. The smallest absolute Gasteiger partial charge is 0.249 e. The lowest BCUT2D eigenvalue weighted by Crippen LogP contribution is -2.46. The van der Waals surface area contributed by atoms with Crippen LogP contribution in [0.4, 0.5) is 5.95 Å². The van der Waals surface area contributed by atoms with E-state index in [1.54, 1.807) is 0 Å². The van der Waals surface area contributed by atoms with Gasteiger partial charge >= 0.3 is 0 Å². The number of nitrogens with zero attached hydrogens (tertiary/aromatic N) is 4. The number of nitrogens with one attached hydrogen (secondary N) is 2. The molecule has 0 spiro atoms. The molecule has 7 heteroatoms. The molecule has 0 aromatic carbocycles. The van der Waals surface area contributed by atoms with Gasteiger partial charge in [-0.3, -0.25) is 15.0 Å². The van der Waals surface area contributed by atoms with Gasteiger partial charge in [-0.15, -0.1) is 5.10 Å². The van der Waals surface area contributed by atoms with E-state index >= 15 is 0 Å². The summed E-state index contributed by atoms with van der Waals surface area (Å²) in [6.45, 7) is 4.01. The molecular formula is C9H14N6O. The molecule has 1 fully saturated rings. The van der Waals surface area contributed by atoms with E-state index in [0.717, 1.165) is 26.2 Å². The van der Waals surface area contributed by atoms with E-state index in [9.17, 15) is 4.79 Å². The molecule has 86 valence electrons. The zero-order valence-electron chi connectivity index (χ0n) is 8.89. The van der Waals surface area contributed by atoms with Crippen molar-refractivity contribution in [3.8, 4) is 0 Å². The molecule has 1 aliphatic heterocycles. The van der Waals surface area contributed by atoms with Crippen LogP contribution in [0.1, 0.15) is 0 Å². The summed E-state index contributed by atoms with van der Waals surface area (Å²) in [5, 5.41) is 13.2. The first-order chi connectivity index (χ1) is 7.84. The van der Waals surface area contributed by atoms with Crippen molar-refractivity contribution in [2.75, 3.05) is 38.0 Å². The monoisotopic (exact) mass is 222 g/mol. The van der Waals surface area contributed by atoms with Crippen molar-refractivity contribution in [2.24, 2.45) is 0 Å². The van der Waals surface area contributed by atoms with Crippen molar-refractivity contribution in [3.05, 3.63) is 12.4 Å². The Morgan fingerprint density at radius 3 is 2.94 bits per heavy atom. The standard InChI is InChI=1S/C9H14N6O/c16-8(7-15-5-3-10-4-6-15)13-9-11-1-2-12-14-9/h1-2,10H,3-7H2,(H,11,13,14,16). The van der Waals surface area contributed by atoms with Gasteiger partial charge in [-0.1, -0.05) is 0 Å². The Balaban J connectivity index is 1.80. The molecule has 0 aliphatic carbocycles. The molecular weight excluding hydrogens is 208 g/mol. The van der Waals surface area contributed by atoms with Crippen molar-refractivity contribution in [2.45, 2.75) is 0 Å². The van der Waals surface area contributed by atoms with Gasteiger partial charge in [-0.05, 0) is 0 Å². The third kappa shape index (κ3) is 3.21. The zero-order chi connectivity index (χ0) is 11.2. The number of hydrogen-bond acceptors (Lipinski definition) is 6. The second kappa shape index (κ2) is 5.47. The molecule has 1 saturated heterocycles. The van der Waals surface area contributed by atoms with Gasteiger partial charge < -0.3 is 5.32 Å². The number of carbonyl (C=O) groups excluding carboxylic acids is 1. The molecule has 7 nitrogen and oxygen atoms in total. The first-order valence-electron chi connectivity index (χ1n) is 5.21. The summed E-state index contributed by atoms with van der Waals surface area (Å²) in [5.74, 6) is 0.150. The Hall–Kier alpha value is -1.60. The molecule has 1 aromatic rings. The van der Waals surface area contributed by atoms with Gasteiger partial charge in [-0.2, -0.15) is 5.10 Å². The fraction of sp³-hybridized carbons (Fsp3) is 0.556. The summed E-state index contributed by atoms with van der Waals surface area (Å²) in [6, 6.07) is 0. The van der Waals surface area contributed by atoms with Crippen molar-refractivity contribution in [1.82, 2.24) is 25.4 Å². The first-order valence-corrected chi connectivity index (χ1v) is 5.21. The van der Waals surface area contributed by atoms with E-state index in [0.29, 0.717) is 6.54 Å². The fourth-order valence-electron chi connectivity index (χ4n) is 1.54. The molecule has 2 heterocycles. The van der Waals surface area contributed by atoms with Gasteiger partial charge in [0, 0.05) is 26.2 Å². The molecule has 2 N–H and O–H groups in total. The van der Waals surface area contributed by atoms with Crippen LogP contribution >= 0.6 is 0 Å². The van der Waals surface area contributed by atoms with E-state index in [2.05, 4.69) is 30.7 Å². The lowest BCUT2D eigenvalue weighted by molar-refractivity contribution is -0.117. The predicted octanol–water partition coefficient (Wildman–Crippen LogP) is -1.28. The second-order valence-corrected chi connectivity index (χ2v) is 3.54. The average molecular weight is 222 g/mol. The third-order valence-electron chi connectivity index (χ3n) is 2.31. The molecule has 0 saturated carbocycles. The van der Waals surface area contributed by atoms with Crippen LogP contribution < -0.4 is 10.6 Å². The first kappa shape index (κ1) is 10.9. The van der Waals surface area contributed by atoms with E-state index < -0.39 is 0 Å². The minimum atomic E-state index is -0.102. The predicted molar refractivity (Wildman–Crippen MR) is 57.8 cm³/mol. The fourth-order valence-corrected chi connectivity index (χ4v) is 1.54. The van der Waals surface area contributed by atoms with Crippen LogP contribution in [0.3, 0.4) is 0 Å². The molecule has 1 amide bonds. The highest BCUT2D eigenvalue weighted by Crippen LogP contribution is 1.95. The van der Waals surface area contributed by atoms with Gasteiger partial charge in [0.25, 0.3) is 0 Å². The number of carbonyl (C=O) groups is 1. The summed E-state index contributed by atoms with van der Waals surface area (Å²) >= 11 is 0. The summed E-state index contributed by atoms with van der Waals surface area (Å²) in [6.07, 6.45) is 2.96. The third-order valence-corrected chi connectivity index (χ3v) is 2.31. The summed E-state index contributed by atoms with van der Waals surface area (Å²) in [7, 11) is 0. The van der Waals surface area contributed by atoms with Crippen molar-refractivity contribution >= 4 is 11.9 Å². The van der Waals surface area contributed by atoms with Gasteiger partial charge in [0.05, 0.1) is 18.9 Å². The summed E-state index contributed by atoms with van der Waals surface area (Å²) in [5.41, 5.74) is 0. The topological polar surface area (TPSA) is 83.0 Å². The average Bonchev–Trinajstić information content (AvgIpc) is 2.31. The highest BCUT2D eigenvalue weighted by molar-refractivity contribution is 5.90. The van der Waals surface area contributed by atoms with Gasteiger partial charge in [0.2, 0.25) is 11.9 Å². The van der Waals surface area contributed by atoms with E-state index in [4.69, 9.17) is 0 Å². The molecule has 16 heavy (non-hydrogen) atoms. The maximum absolute atomic E-state index is 11.6. The van der Waals surface area contributed by atoms with Crippen LogP contribution in [0, 0.1) is 0 Å². The van der Waals surface area contributed by atoms with Crippen molar-refractivity contribution in [3.63, 3.8) is 0 Å². The Labute approximate surface area is 93.3 Å². The summed E-state index contributed by atoms with van der Waals surface area (Å²) < 4.78 is 0. The molecule has 1 aliphatic rings. The molecule has 2 rings (SSSR count). The number of aromatic nitrogens is 3. The maximum atomic E-state index is 11.6. The highest BCUT2D eigenvalue weighted by Gasteiger charge is 2.13. The molecule has 0 atom stereocenters. The van der Waals surface area contributed by atoms with Gasteiger partial charge in [0.1, 0.15) is 0 Å². The largest absolute Gasteiger partial charge is 0.314 e. The van der Waals surface area contributed by atoms with Crippen LogP contribution in [-0.4, -0.2) is 58.7 Å². The lowest BCUT2D eigenvalue weighted by Gasteiger charge is -2.26. The molecule has 0 bridgehead atoms. The number of rotatable bonds is 3. The van der Waals surface area contributed by atoms with E-state index in [-0.39, 0.29) is 11.9 Å². The van der Waals surface area contributed by atoms with Crippen molar-refractivity contribution < 1.29 is 4.79 Å². The van der Waals surface area contributed by atoms with Crippen LogP contribution in [0.2, 0.25) is 0 Å². The Morgan fingerprint density at radius 1 is 1.44 bits per heavy atom. The minimum Gasteiger partial charge on any atom is -0.314 e. The number of anilines is 1. The Morgan fingerprint density at radius 2 is 2.25 bits per heavy atom. The van der Waals surface area contributed by atoms with Crippen LogP contribution in [0.15, 0.2) is 12.4 Å². The highest BCUT2D eigenvalue weighted by atomic mass is 16.2. The maximum Gasteiger partial charge on any atom is 0.249 e. The van der Waals surface area contributed by atoms with Crippen LogP contribution in [-0.2, 0) is 4.79 Å². The number of amides is 1. The SMILES string of the molecule is O=C(CN1CCNCC1)Nc1nccnn1. The minimum absolute atomic E-state index is 0.102. The Bertz CT molecular complexity index is 337. The van der Waals surface area contributed by atoms with Crippen molar-refractivity contribution in [1.29, 1.82) is 0 Å². The van der Waals surface area contributed by atoms with Gasteiger partial charge in [0.15, 0.2) is 0 Å². The molecule has 1 aromatic heterocycles.